The molecule has 1 heteroatoms. The van der Waals surface area contributed by atoms with Crippen molar-refractivity contribution in [2.75, 3.05) is 6.61 Å². The molecule has 0 aromatic rings. The van der Waals surface area contributed by atoms with Crippen LogP contribution in [0.1, 0.15) is 136 Å². The molecule has 0 N–H and O–H groups in total. The molecular weight excluding hydrogens is 328 g/mol. The van der Waals surface area contributed by atoms with Gasteiger partial charge in [-0.05, 0) is 62.7 Å². The van der Waals surface area contributed by atoms with Crippen molar-refractivity contribution in [1.29, 1.82) is 0 Å². The Labute approximate surface area is 171 Å². The third kappa shape index (κ3) is 9.82. The Morgan fingerprint density at radius 2 is 1.07 bits per heavy atom. The van der Waals surface area contributed by atoms with Crippen LogP contribution in [0.3, 0.4) is 0 Å². The predicted octanol–water partition coefficient (Wildman–Crippen LogP) is 8.70. The molecule has 0 aromatic carbocycles. The van der Waals surface area contributed by atoms with Gasteiger partial charge in [0.15, 0.2) is 0 Å². The molecule has 27 heavy (non-hydrogen) atoms. The van der Waals surface area contributed by atoms with Gasteiger partial charge in [-0.3, -0.25) is 0 Å². The minimum atomic E-state index is 0.590. The maximum Gasteiger partial charge on any atom is 0.0575 e. The fourth-order valence-corrected chi connectivity index (χ4v) is 5.67. The SMILES string of the molecule is CCCCCCCCC[C@H]1CC[C@H]([C@H]2CC[C@H](OCCCCC)CC2)CC1. The zero-order chi connectivity index (χ0) is 19.2. The van der Waals surface area contributed by atoms with Gasteiger partial charge in [-0.1, -0.05) is 90.9 Å². The van der Waals surface area contributed by atoms with E-state index < -0.39 is 0 Å². The van der Waals surface area contributed by atoms with E-state index in [1.54, 1.807) is 0 Å². The zero-order valence-corrected chi connectivity index (χ0v) is 18.9. The van der Waals surface area contributed by atoms with Gasteiger partial charge in [0.25, 0.3) is 0 Å². The summed E-state index contributed by atoms with van der Waals surface area (Å²) < 4.78 is 6.12. The second-order valence-corrected chi connectivity index (χ2v) is 9.81. The standard InChI is InChI=1S/C26H50O/c1-3-5-7-8-9-10-11-13-23-14-16-24(17-15-23)25-18-20-26(21-19-25)27-22-12-6-4-2/h23-26H,3-22H2,1-2H3/t23-,24-,25-,26-. The highest BCUT2D eigenvalue weighted by Gasteiger charge is 2.30. The Kier molecular flexibility index (Phi) is 12.8. The van der Waals surface area contributed by atoms with Crippen LogP contribution in [-0.4, -0.2) is 12.7 Å². The van der Waals surface area contributed by atoms with Gasteiger partial charge in [-0.25, -0.2) is 0 Å². The number of hydrogen-bond acceptors (Lipinski definition) is 1. The lowest BCUT2D eigenvalue weighted by Crippen LogP contribution is -2.28. The van der Waals surface area contributed by atoms with Crippen LogP contribution in [0, 0.1) is 17.8 Å². The lowest BCUT2D eigenvalue weighted by molar-refractivity contribution is 0.00538. The van der Waals surface area contributed by atoms with Gasteiger partial charge in [0.2, 0.25) is 0 Å². The number of ether oxygens (including phenoxy) is 1. The van der Waals surface area contributed by atoms with Gasteiger partial charge >= 0.3 is 0 Å². The van der Waals surface area contributed by atoms with Crippen molar-refractivity contribution in [1.82, 2.24) is 0 Å². The molecule has 0 unspecified atom stereocenters. The van der Waals surface area contributed by atoms with Gasteiger partial charge in [0.1, 0.15) is 0 Å². The Morgan fingerprint density at radius 3 is 1.70 bits per heavy atom. The predicted molar refractivity (Wildman–Crippen MR) is 119 cm³/mol. The minimum absolute atomic E-state index is 0.590. The van der Waals surface area contributed by atoms with Crippen LogP contribution in [0.15, 0.2) is 0 Å². The van der Waals surface area contributed by atoms with Crippen molar-refractivity contribution in [2.45, 2.75) is 142 Å². The fourth-order valence-electron chi connectivity index (χ4n) is 5.67. The average Bonchev–Trinajstić information content (AvgIpc) is 2.71. The van der Waals surface area contributed by atoms with E-state index in [0.29, 0.717) is 6.10 Å². The molecule has 2 saturated carbocycles. The van der Waals surface area contributed by atoms with E-state index in [0.717, 1.165) is 24.4 Å². The molecular formula is C26H50O. The van der Waals surface area contributed by atoms with Crippen LogP contribution in [0.5, 0.6) is 0 Å². The van der Waals surface area contributed by atoms with E-state index in [4.69, 9.17) is 4.74 Å². The molecule has 0 aliphatic heterocycles. The third-order valence-corrected chi connectivity index (χ3v) is 7.59. The summed E-state index contributed by atoms with van der Waals surface area (Å²) in [7, 11) is 0. The van der Waals surface area contributed by atoms with Crippen molar-refractivity contribution in [3.63, 3.8) is 0 Å². The molecule has 2 aliphatic rings. The molecule has 0 heterocycles. The molecule has 0 aromatic heterocycles. The quantitative estimate of drug-likeness (QED) is 0.275. The molecule has 2 fully saturated rings. The Hall–Kier alpha value is -0.0400. The monoisotopic (exact) mass is 378 g/mol. The van der Waals surface area contributed by atoms with Gasteiger partial charge in [-0.15, -0.1) is 0 Å². The zero-order valence-electron chi connectivity index (χ0n) is 18.9. The van der Waals surface area contributed by atoms with E-state index in [1.165, 1.54) is 122 Å². The van der Waals surface area contributed by atoms with Crippen LogP contribution in [0.4, 0.5) is 0 Å². The Bertz CT molecular complexity index is 323. The first-order valence-electron chi connectivity index (χ1n) is 12.9. The highest BCUT2D eigenvalue weighted by atomic mass is 16.5. The first kappa shape index (κ1) is 23.2. The summed E-state index contributed by atoms with van der Waals surface area (Å²) in [5.41, 5.74) is 0. The summed E-state index contributed by atoms with van der Waals surface area (Å²) in [6.45, 7) is 5.59. The normalized spacial score (nSPS) is 29.1. The smallest absolute Gasteiger partial charge is 0.0575 e. The van der Waals surface area contributed by atoms with Gasteiger partial charge < -0.3 is 4.74 Å². The van der Waals surface area contributed by atoms with Crippen LogP contribution in [0.2, 0.25) is 0 Å². The van der Waals surface area contributed by atoms with Crippen molar-refractivity contribution >= 4 is 0 Å². The molecule has 0 bridgehead atoms. The fraction of sp³-hybridized carbons (Fsp3) is 1.00. The van der Waals surface area contributed by atoms with E-state index in [2.05, 4.69) is 13.8 Å². The lowest BCUT2D eigenvalue weighted by Gasteiger charge is -2.38. The first-order valence-corrected chi connectivity index (χ1v) is 12.9. The van der Waals surface area contributed by atoms with Crippen LogP contribution >= 0.6 is 0 Å². The highest BCUT2D eigenvalue weighted by molar-refractivity contribution is 4.82. The van der Waals surface area contributed by atoms with Gasteiger partial charge in [0.05, 0.1) is 6.10 Å². The summed E-state index contributed by atoms with van der Waals surface area (Å²) in [6.07, 6.45) is 28.0. The second kappa shape index (κ2) is 14.9. The molecule has 160 valence electrons. The molecule has 0 atom stereocenters. The van der Waals surface area contributed by atoms with Crippen molar-refractivity contribution in [3.05, 3.63) is 0 Å². The lowest BCUT2D eigenvalue weighted by atomic mass is 9.70. The van der Waals surface area contributed by atoms with E-state index in [1.807, 2.05) is 0 Å². The Balaban J connectivity index is 1.47. The second-order valence-electron chi connectivity index (χ2n) is 9.81. The minimum Gasteiger partial charge on any atom is -0.378 e. The summed E-state index contributed by atoms with van der Waals surface area (Å²) in [4.78, 5) is 0. The summed E-state index contributed by atoms with van der Waals surface area (Å²) in [5, 5.41) is 0. The van der Waals surface area contributed by atoms with Crippen LogP contribution < -0.4 is 0 Å². The number of unbranched alkanes of at least 4 members (excludes halogenated alkanes) is 8. The van der Waals surface area contributed by atoms with E-state index >= 15 is 0 Å². The maximum atomic E-state index is 6.12. The molecule has 0 spiro atoms. The summed E-state index contributed by atoms with van der Waals surface area (Å²) >= 11 is 0. The molecule has 2 rings (SSSR count). The molecule has 1 nitrogen and oxygen atoms in total. The van der Waals surface area contributed by atoms with Crippen LogP contribution in [0.25, 0.3) is 0 Å². The molecule has 2 aliphatic carbocycles. The first-order chi connectivity index (χ1) is 13.3. The van der Waals surface area contributed by atoms with Crippen molar-refractivity contribution < 1.29 is 4.74 Å². The van der Waals surface area contributed by atoms with Gasteiger partial charge in [0, 0.05) is 6.61 Å². The summed E-state index contributed by atoms with van der Waals surface area (Å²) in [6, 6.07) is 0. The van der Waals surface area contributed by atoms with E-state index in [9.17, 15) is 0 Å². The Morgan fingerprint density at radius 1 is 0.556 bits per heavy atom. The molecule has 0 radical (unpaired) electrons. The molecule has 0 saturated heterocycles. The van der Waals surface area contributed by atoms with Gasteiger partial charge in [-0.2, -0.15) is 0 Å². The highest BCUT2D eigenvalue weighted by Crippen LogP contribution is 2.41. The van der Waals surface area contributed by atoms with Crippen molar-refractivity contribution in [3.8, 4) is 0 Å². The number of rotatable bonds is 14. The van der Waals surface area contributed by atoms with E-state index in [-0.39, 0.29) is 0 Å². The number of hydrogen-bond donors (Lipinski definition) is 0. The average molecular weight is 379 g/mol. The maximum absolute atomic E-state index is 6.12. The summed E-state index contributed by atoms with van der Waals surface area (Å²) in [5.74, 6) is 3.14. The molecule has 0 amide bonds. The van der Waals surface area contributed by atoms with Crippen molar-refractivity contribution in [2.24, 2.45) is 17.8 Å². The topological polar surface area (TPSA) is 9.23 Å². The largest absolute Gasteiger partial charge is 0.378 e. The van der Waals surface area contributed by atoms with Crippen LogP contribution in [-0.2, 0) is 4.74 Å². The third-order valence-electron chi connectivity index (χ3n) is 7.59.